The molecule has 0 aromatic carbocycles. The van der Waals surface area contributed by atoms with Crippen LogP contribution in [0.2, 0.25) is 0 Å². The fourth-order valence-corrected chi connectivity index (χ4v) is 2.97. The Bertz CT molecular complexity index is 448. The maximum absolute atomic E-state index is 4.97. The van der Waals surface area contributed by atoms with Crippen LogP contribution in [0.1, 0.15) is 58.2 Å². The quantitative estimate of drug-likeness (QED) is 0.912. The van der Waals surface area contributed by atoms with Crippen LogP contribution in [-0.4, -0.2) is 24.6 Å². The van der Waals surface area contributed by atoms with Gasteiger partial charge in [0.2, 0.25) is 0 Å². The van der Waals surface area contributed by atoms with E-state index in [4.69, 9.17) is 4.98 Å². The predicted molar refractivity (Wildman–Crippen MR) is 86.4 cm³/mol. The van der Waals surface area contributed by atoms with Gasteiger partial charge in [-0.25, -0.2) is 4.98 Å². The van der Waals surface area contributed by atoms with Crippen LogP contribution in [0, 0.1) is 0 Å². The molecule has 1 aliphatic heterocycles. The third-order valence-electron chi connectivity index (χ3n) is 4.16. The highest BCUT2D eigenvalue weighted by Crippen LogP contribution is 2.30. The smallest absolute Gasteiger partial charge is 0.129 e. The zero-order chi connectivity index (χ0) is 14.8. The molecule has 1 aromatic rings. The van der Waals surface area contributed by atoms with Gasteiger partial charge in [0.05, 0.1) is 0 Å². The zero-order valence-electron chi connectivity index (χ0n) is 13.7. The van der Waals surface area contributed by atoms with E-state index in [-0.39, 0.29) is 5.41 Å². The molecular weight excluding hydrogens is 246 g/mol. The minimum Gasteiger partial charge on any atom is -0.354 e. The second kappa shape index (κ2) is 6.13. The maximum Gasteiger partial charge on any atom is 0.129 e. The number of hydrogen-bond donors (Lipinski definition) is 1. The van der Waals surface area contributed by atoms with Crippen molar-refractivity contribution in [2.45, 2.75) is 65.0 Å². The lowest BCUT2D eigenvalue weighted by Crippen LogP contribution is -2.30. The summed E-state index contributed by atoms with van der Waals surface area (Å²) in [5, 5.41) is 3.26. The largest absolute Gasteiger partial charge is 0.354 e. The summed E-state index contributed by atoms with van der Waals surface area (Å²) < 4.78 is 0. The van der Waals surface area contributed by atoms with Gasteiger partial charge in [-0.3, -0.25) is 0 Å². The summed E-state index contributed by atoms with van der Waals surface area (Å²) in [5.41, 5.74) is 2.63. The summed E-state index contributed by atoms with van der Waals surface area (Å²) in [5.74, 6) is 1.17. The average molecular weight is 275 g/mol. The van der Waals surface area contributed by atoms with Crippen molar-refractivity contribution in [3.8, 4) is 0 Å². The van der Waals surface area contributed by atoms with Crippen LogP contribution in [0.5, 0.6) is 0 Å². The van der Waals surface area contributed by atoms with Crippen molar-refractivity contribution in [2.75, 3.05) is 18.5 Å². The molecule has 1 aromatic heterocycles. The van der Waals surface area contributed by atoms with Gasteiger partial charge in [0.15, 0.2) is 0 Å². The standard InChI is InChI=1S/C17H29N3/c1-6-14-8-7-9-20(14)16-11-13(12-18-5)10-15(19-16)17(2,3)4/h10-11,14,18H,6-9,12H2,1-5H3. The highest BCUT2D eigenvalue weighted by atomic mass is 15.2. The zero-order valence-corrected chi connectivity index (χ0v) is 13.7. The molecule has 0 aliphatic carbocycles. The monoisotopic (exact) mass is 275 g/mol. The first-order valence-electron chi connectivity index (χ1n) is 7.88. The molecule has 1 fully saturated rings. The van der Waals surface area contributed by atoms with Gasteiger partial charge >= 0.3 is 0 Å². The molecule has 0 bridgehead atoms. The van der Waals surface area contributed by atoms with Crippen molar-refractivity contribution in [3.05, 3.63) is 23.4 Å². The lowest BCUT2D eigenvalue weighted by atomic mass is 9.90. The number of rotatable bonds is 4. The highest BCUT2D eigenvalue weighted by molar-refractivity contribution is 5.46. The summed E-state index contributed by atoms with van der Waals surface area (Å²) >= 11 is 0. The highest BCUT2D eigenvalue weighted by Gasteiger charge is 2.26. The Morgan fingerprint density at radius 1 is 1.35 bits per heavy atom. The Morgan fingerprint density at radius 3 is 2.70 bits per heavy atom. The number of aromatic nitrogens is 1. The van der Waals surface area contributed by atoms with Crippen molar-refractivity contribution in [1.82, 2.24) is 10.3 Å². The van der Waals surface area contributed by atoms with Crippen molar-refractivity contribution < 1.29 is 0 Å². The second-order valence-electron chi connectivity index (χ2n) is 6.90. The Morgan fingerprint density at radius 2 is 2.10 bits per heavy atom. The van der Waals surface area contributed by atoms with Gasteiger partial charge < -0.3 is 10.2 Å². The van der Waals surface area contributed by atoms with Crippen LogP contribution in [0.4, 0.5) is 5.82 Å². The van der Waals surface area contributed by atoms with Crippen molar-refractivity contribution >= 4 is 5.82 Å². The van der Waals surface area contributed by atoms with Gasteiger partial charge in [-0.2, -0.15) is 0 Å². The molecule has 2 rings (SSSR count). The SMILES string of the molecule is CCC1CCCN1c1cc(CNC)cc(C(C)(C)C)n1. The van der Waals surface area contributed by atoms with E-state index in [9.17, 15) is 0 Å². The molecule has 1 N–H and O–H groups in total. The summed E-state index contributed by atoms with van der Waals surface area (Å²) in [6, 6.07) is 5.18. The normalized spacial score (nSPS) is 19.6. The fourth-order valence-electron chi connectivity index (χ4n) is 2.97. The molecule has 1 saturated heterocycles. The molecular formula is C17H29N3. The van der Waals surface area contributed by atoms with Gasteiger partial charge in [-0.05, 0) is 44.0 Å². The lowest BCUT2D eigenvalue weighted by Gasteiger charge is -2.28. The molecule has 0 saturated carbocycles. The number of hydrogen-bond acceptors (Lipinski definition) is 3. The summed E-state index contributed by atoms with van der Waals surface area (Å²) in [6.45, 7) is 11.1. The number of nitrogens with one attached hydrogen (secondary N) is 1. The molecule has 20 heavy (non-hydrogen) atoms. The third kappa shape index (κ3) is 3.32. The molecule has 1 unspecified atom stereocenters. The van der Waals surface area contributed by atoms with Gasteiger partial charge in [-0.1, -0.05) is 27.7 Å². The van der Waals surface area contributed by atoms with Gasteiger partial charge in [0, 0.05) is 30.2 Å². The van der Waals surface area contributed by atoms with Crippen LogP contribution in [0.25, 0.3) is 0 Å². The van der Waals surface area contributed by atoms with Crippen LogP contribution in [-0.2, 0) is 12.0 Å². The van der Waals surface area contributed by atoms with Crippen LogP contribution in [0.3, 0.4) is 0 Å². The van der Waals surface area contributed by atoms with Crippen molar-refractivity contribution in [1.29, 1.82) is 0 Å². The van der Waals surface area contributed by atoms with Crippen LogP contribution < -0.4 is 10.2 Å². The van der Waals surface area contributed by atoms with E-state index in [1.807, 2.05) is 7.05 Å². The summed E-state index contributed by atoms with van der Waals surface area (Å²) in [7, 11) is 2.00. The fraction of sp³-hybridized carbons (Fsp3) is 0.706. The summed E-state index contributed by atoms with van der Waals surface area (Å²) in [4.78, 5) is 7.47. The second-order valence-corrected chi connectivity index (χ2v) is 6.90. The van der Waals surface area contributed by atoms with Crippen molar-refractivity contribution in [3.63, 3.8) is 0 Å². The van der Waals surface area contributed by atoms with E-state index in [1.54, 1.807) is 0 Å². The Kier molecular flexibility index (Phi) is 4.69. The van der Waals surface area contributed by atoms with Crippen LogP contribution in [0.15, 0.2) is 12.1 Å². The molecule has 2 heterocycles. The van der Waals surface area contributed by atoms with Crippen molar-refractivity contribution in [2.24, 2.45) is 0 Å². The predicted octanol–water partition coefficient (Wildman–Crippen LogP) is 3.48. The van der Waals surface area contributed by atoms with E-state index >= 15 is 0 Å². The van der Waals surface area contributed by atoms with Gasteiger partial charge in [0.1, 0.15) is 5.82 Å². The van der Waals surface area contributed by atoms with E-state index in [2.05, 4.69) is 50.0 Å². The van der Waals surface area contributed by atoms with E-state index in [1.165, 1.54) is 36.3 Å². The Hall–Kier alpha value is -1.09. The minimum atomic E-state index is 0.0972. The Labute approximate surface area is 123 Å². The van der Waals surface area contributed by atoms with Gasteiger partial charge in [0.25, 0.3) is 0 Å². The topological polar surface area (TPSA) is 28.2 Å². The summed E-state index contributed by atoms with van der Waals surface area (Å²) in [6.07, 6.45) is 3.81. The molecule has 112 valence electrons. The molecule has 3 heteroatoms. The lowest BCUT2D eigenvalue weighted by molar-refractivity contribution is 0.563. The first-order chi connectivity index (χ1) is 9.45. The molecule has 0 radical (unpaired) electrons. The van der Waals surface area contributed by atoms with E-state index in [0.29, 0.717) is 6.04 Å². The Balaban J connectivity index is 2.38. The molecule has 3 nitrogen and oxygen atoms in total. The first kappa shape index (κ1) is 15.3. The maximum atomic E-state index is 4.97. The average Bonchev–Trinajstić information content (AvgIpc) is 2.86. The first-order valence-corrected chi connectivity index (χ1v) is 7.88. The number of nitrogens with zero attached hydrogens (tertiary/aromatic N) is 2. The minimum absolute atomic E-state index is 0.0972. The number of anilines is 1. The van der Waals surface area contributed by atoms with Gasteiger partial charge in [-0.15, -0.1) is 0 Å². The van der Waals surface area contributed by atoms with E-state index in [0.717, 1.165) is 13.1 Å². The molecule has 1 atom stereocenters. The molecule has 0 spiro atoms. The van der Waals surface area contributed by atoms with Crippen LogP contribution >= 0.6 is 0 Å². The molecule has 1 aliphatic rings. The number of pyridine rings is 1. The molecule has 0 amide bonds. The van der Waals surface area contributed by atoms with E-state index < -0.39 is 0 Å². The third-order valence-corrected chi connectivity index (χ3v) is 4.16.